The molecule has 0 unspecified atom stereocenters. The lowest BCUT2D eigenvalue weighted by Gasteiger charge is -2.09. The van der Waals surface area contributed by atoms with Gasteiger partial charge in [-0.3, -0.25) is 0 Å². The number of hydrogen-bond donors (Lipinski definition) is 1. The quantitative estimate of drug-likeness (QED) is 0.672. The van der Waals surface area contributed by atoms with Crippen LogP contribution in [0.25, 0.3) is 0 Å². The van der Waals surface area contributed by atoms with Gasteiger partial charge in [0.1, 0.15) is 16.4 Å². The zero-order valence-corrected chi connectivity index (χ0v) is 12.4. The van der Waals surface area contributed by atoms with Crippen LogP contribution in [-0.2, 0) is 12.3 Å². The van der Waals surface area contributed by atoms with Crippen molar-refractivity contribution in [1.82, 2.24) is 19.5 Å². The minimum absolute atomic E-state index is 0.183. The smallest absolute Gasteiger partial charge is 0.340 e. The van der Waals surface area contributed by atoms with E-state index in [1.807, 2.05) is 11.5 Å². The zero-order valence-electron chi connectivity index (χ0n) is 11.6. The SMILES string of the molecule is CCn1cncc1CSc1nc(C)nc(C)c1C(=O)O. The fraction of sp³-hybridized carbons (Fsp3) is 0.385. The first-order chi connectivity index (χ1) is 9.52. The molecule has 0 aliphatic rings. The Hall–Kier alpha value is -1.89. The Labute approximate surface area is 121 Å². The van der Waals surface area contributed by atoms with Gasteiger partial charge in [0, 0.05) is 24.2 Å². The fourth-order valence-corrected chi connectivity index (χ4v) is 3.03. The highest BCUT2D eigenvalue weighted by Crippen LogP contribution is 2.26. The van der Waals surface area contributed by atoms with Crippen LogP contribution in [0.2, 0.25) is 0 Å². The van der Waals surface area contributed by atoms with Gasteiger partial charge in [0.05, 0.1) is 12.0 Å². The van der Waals surface area contributed by atoms with Gasteiger partial charge in [0.15, 0.2) is 0 Å². The predicted octanol–water partition coefficient (Wildman–Crippen LogP) is 2.30. The molecule has 2 heterocycles. The number of aryl methyl sites for hydroxylation is 3. The number of aromatic nitrogens is 4. The van der Waals surface area contributed by atoms with Crippen LogP contribution in [0.1, 0.15) is 34.5 Å². The minimum Gasteiger partial charge on any atom is -0.478 e. The largest absolute Gasteiger partial charge is 0.478 e. The third-order valence-corrected chi connectivity index (χ3v) is 3.89. The number of thioether (sulfide) groups is 1. The first kappa shape index (κ1) is 14.5. The Balaban J connectivity index is 2.27. The van der Waals surface area contributed by atoms with Crippen molar-refractivity contribution in [3.8, 4) is 0 Å². The van der Waals surface area contributed by atoms with E-state index in [0.717, 1.165) is 12.2 Å². The van der Waals surface area contributed by atoms with Crippen molar-refractivity contribution in [2.24, 2.45) is 0 Å². The average molecular weight is 292 g/mol. The molecular formula is C13H16N4O2S. The summed E-state index contributed by atoms with van der Waals surface area (Å²) < 4.78 is 2.02. The van der Waals surface area contributed by atoms with Gasteiger partial charge in [-0.05, 0) is 20.8 Å². The van der Waals surface area contributed by atoms with Gasteiger partial charge >= 0.3 is 5.97 Å². The molecule has 0 atom stereocenters. The lowest BCUT2D eigenvalue weighted by atomic mass is 10.2. The van der Waals surface area contributed by atoms with Gasteiger partial charge in [0.25, 0.3) is 0 Å². The second-order valence-corrected chi connectivity index (χ2v) is 5.27. The number of carboxylic acid groups (broad SMARTS) is 1. The molecule has 106 valence electrons. The summed E-state index contributed by atoms with van der Waals surface area (Å²) in [5, 5.41) is 9.79. The molecule has 20 heavy (non-hydrogen) atoms. The second kappa shape index (κ2) is 6.04. The summed E-state index contributed by atoms with van der Waals surface area (Å²) in [5.41, 5.74) is 1.72. The van der Waals surface area contributed by atoms with Gasteiger partial charge in [0.2, 0.25) is 0 Å². The maximum absolute atomic E-state index is 11.3. The molecule has 0 fully saturated rings. The molecule has 2 aromatic heterocycles. The van der Waals surface area contributed by atoms with E-state index in [9.17, 15) is 9.90 Å². The molecular weight excluding hydrogens is 276 g/mol. The highest BCUT2D eigenvalue weighted by molar-refractivity contribution is 7.98. The summed E-state index contributed by atoms with van der Waals surface area (Å²) >= 11 is 1.40. The van der Waals surface area contributed by atoms with E-state index >= 15 is 0 Å². The fourth-order valence-electron chi connectivity index (χ4n) is 1.93. The monoisotopic (exact) mass is 292 g/mol. The molecule has 0 bridgehead atoms. The van der Waals surface area contributed by atoms with Crippen LogP contribution in [0.3, 0.4) is 0 Å². The molecule has 0 aromatic carbocycles. The number of carbonyl (C=O) groups is 1. The van der Waals surface area contributed by atoms with Gasteiger partial charge in [-0.1, -0.05) is 11.8 Å². The van der Waals surface area contributed by atoms with Crippen LogP contribution in [0, 0.1) is 13.8 Å². The number of aromatic carboxylic acids is 1. The summed E-state index contributed by atoms with van der Waals surface area (Å²) in [6.07, 6.45) is 3.56. The van der Waals surface area contributed by atoms with E-state index in [4.69, 9.17) is 0 Å². The highest BCUT2D eigenvalue weighted by Gasteiger charge is 2.17. The van der Waals surface area contributed by atoms with Crippen LogP contribution < -0.4 is 0 Å². The molecule has 0 saturated heterocycles. The molecule has 0 spiro atoms. The van der Waals surface area contributed by atoms with Crippen LogP contribution in [0.15, 0.2) is 17.6 Å². The van der Waals surface area contributed by atoms with Crippen LogP contribution >= 0.6 is 11.8 Å². The normalized spacial score (nSPS) is 10.8. The highest BCUT2D eigenvalue weighted by atomic mass is 32.2. The lowest BCUT2D eigenvalue weighted by Crippen LogP contribution is -2.08. The minimum atomic E-state index is -0.992. The van der Waals surface area contributed by atoms with Crippen molar-refractivity contribution < 1.29 is 9.90 Å². The number of nitrogens with zero attached hydrogens (tertiary/aromatic N) is 4. The van der Waals surface area contributed by atoms with Gasteiger partial charge < -0.3 is 9.67 Å². The second-order valence-electron chi connectivity index (χ2n) is 4.30. The molecule has 0 radical (unpaired) electrons. The molecule has 2 aromatic rings. The Morgan fingerprint density at radius 2 is 2.15 bits per heavy atom. The van der Waals surface area contributed by atoms with E-state index in [1.165, 1.54) is 11.8 Å². The van der Waals surface area contributed by atoms with Crippen molar-refractivity contribution in [3.63, 3.8) is 0 Å². The van der Waals surface area contributed by atoms with Crippen LogP contribution in [-0.4, -0.2) is 30.6 Å². The van der Waals surface area contributed by atoms with E-state index in [1.54, 1.807) is 26.4 Å². The first-order valence-corrected chi connectivity index (χ1v) is 7.21. The topological polar surface area (TPSA) is 80.9 Å². The predicted molar refractivity (Wildman–Crippen MR) is 75.9 cm³/mol. The van der Waals surface area contributed by atoms with E-state index in [-0.39, 0.29) is 5.56 Å². The number of imidazole rings is 1. The van der Waals surface area contributed by atoms with Crippen molar-refractivity contribution in [3.05, 3.63) is 35.3 Å². The van der Waals surface area contributed by atoms with Crippen molar-refractivity contribution in [2.45, 2.75) is 38.1 Å². The molecule has 0 saturated carbocycles. The van der Waals surface area contributed by atoms with E-state index < -0.39 is 5.97 Å². The Kier molecular flexibility index (Phi) is 4.39. The molecule has 7 heteroatoms. The van der Waals surface area contributed by atoms with E-state index in [0.29, 0.717) is 22.3 Å². The number of rotatable bonds is 5. The van der Waals surface area contributed by atoms with Crippen molar-refractivity contribution in [1.29, 1.82) is 0 Å². The maximum Gasteiger partial charge on any atom is 0.340 e. The van der Waals surface area contributed by atoms with Crippen molar-refractivity contribution in [2.75, 3.05) is 0 Å². The average Bonchev–Trinajstić information content (AvgIpc) is 2.82. The number of hydrogen-bond acceptors (Lipinski definition) is 5. The first-order valence-electron chi connectivity index (χ1n) is 6.23. The number of carboxylic acids is 1. The summed E-state index contributed by atoms with van der Waals surface area (Å²) in [5.74, 6) is 0.220. The Morgan fingerprint density at radius 3 is 2.80 bits per heavy atom. The van der Waals surface area contributed by atoms with Crippen LogP contribution in [0.4, 0.5) is 0 Å². The molecule has 0 aliphatic carbocycles. The van der Waals surface area contributed by atoms with Crippen LogP contribution in [0.5, 0.6) is 0 Å². The molecule has 0 aliphatic heterocycles. The Morgan fingerprint density at radius 1 is 1.40 bits per heavy atom. The molecule has 1 N–H and O–H groups in total. The van der Waals surface area contributed by atoms with E-state index in [2.05, 4.69) is 15.0 Å². The van der Waals surface area contributed by atoms with Gasteiger partial charge in [-0.15, -0.1) is 0 Å². The summed E-state index contributed by atoms with van der Waals surface area (Å²) in [4.78, 5) is 23.8. The Bertz CT molecular complexity index is 639. The van der Waals surface area contributed by atoms with Gasteiger partial charge in [-0.25, -0.2) is 19.7 Å². The molecule has 6 nitrogen and oxygen atoms in total. The lowest BCUT2D eigenvalue weighted by molar-refractivity contribution is 0.0690. The van der Waals surface area contributed by atoms with Crippen molar-refractivity contribution >= 4 is 17.7 Å². The third kappa shape index (κ3) is 2.98. The molecule has 0 amide bonds. The summed E-state index contributed by atoms with van der Waals surface area (Å²) in [7, 11) is 0. The standard InChI is InChI=1S/C13H16N4O2S/c1-4-17-7-14-5-10(17)6-20-12-11(13(18)19)8(2)15-9(3)16-12/h5,7H,4,6H2,1-3H3,(H,18,19). The third-order valence-electron chi connectivity index (χ3n) is 2.88. The van der Waals surface area contributed by atoms with Gasteiger partial charge in [-0.2, -0.15) is 0 Å². The zero-order chi connectivity index (χ0) is 14.7. The maximum atomic E-state index is 11.3. The molecule has 2 rings (SSSR count). The summed E-state index contributed by atoms with van der Waals surface area (Å²) in [6.45, 7) is 6.33. The summed E-state index contributed by atoms with van der Waals surface area (Å²) in [6, 6.07) is 0.